The number of aliphatic hydroxyl groups is 1. The first kappa shape index (κ1) is 11.9. The van der Waals surface area contributed by atoms with Gasteiger partial charge >= 0.3 is 0 Å². The van der Waals surface area contributed by atoms with Crippen LogP contribution in [0.15, 0.2) is 0 Å². The lowest BCUT2D eigenvalue weighted by molar-refractivity contribution is -0.0788. The lowest BCUT2D eigenvalue weighted by atomic mass is 9.69. The Morgan fingerprint density at radius 2 is 2.12 bits per heavy atom. The van der Waals surface area contributed by atoms with Crippen molar-refractivity contribution in [2.24, 2.45) is 11.8 Å². The molecule has 0 radical (unpaired) electrons. The van der Waals surface area contributed by atoms with E-state index in [-0.39, 0.29) is 0 Å². The molecule has 0 aromatic rings. The van der Waals surface area contributed by atoms with Crippen molar-refractivity contribution in [2.75, 3.05) is 20.1 Å². The molecular weight excluding hydrogens is 212 g/mol. The minimum absolute atomic E-state index is 0.445. The smallest absolute Gasteiger partial charge is 0.0680 e. The number of rotatable bonds is 1. The van der Waals surface area contributed by atoms with Crippen LogP contribution in [0.1, 0.15) is 39.0 Å². The molecule has 98 valence electrons. The highest BCUT2D eigenvalue weighted by atomic mass is 16.3. The zero-order chi connectivity index (χ0) is 12.0. The lowest BCUT2D eigenvalue weighted by Crippen LogP contribution is -2.59. The Morgan fingerprint density at radius 1 is 1.29 bits per heavy atom. The van der Waals surface area contributed by atoms with Gasteiger partial charge in [0, 0.05) is 24.5 Å². The molecule has 0 aromatic carbocycles. The number of fused-ring (bicyclic) bond motifs is 2. The van der Waals surface area contributed by atoms with E-state index in [1.807, 2.05) is 0 Å². The predicted molar refractivity (Wildman–Crippen MR) is 68.9 cm³/mol. The maximum Gasteiger partial charge on any atom is 0.0680 e. The maximum absolute atomic E-state index is 10.8. The standard InChI is InChI=1S/C14H26N2O/c1-14(17)8-11-5-6-12(15-11)13(14)10-4-3-7-16(2)9-10/h10-13,15,17H,3-9H2,1-2H3. The molecule has 3 nitrogen and oxygen atoms in total. The minimum atomic E-state index is -0.445. The van der Waals surface area contributed by atoms with Crippen LogP contribution in [0.5, 0.6) is 0 Å². The van der Waals surface area contributed by atoms with Crippen molar-refractivity contribution in [3.63, 3.8) is 0 Å². The van der Waals surface area contributed by atoms with Gasteiger partial charge in [-0.2, -0.15) is 0 Å². The largest absolute Gasteiger partial charge is 0.390 e. The summed E-state index contributed by atoms with van der Waals surface area (Å²) in [6.07, 6.45) is 6.08. The van der Waals surface area contributed by atoms with Crippen LogP contribution in [0, 0.1) is 11.8 Å². The van der Waals surface area contributed by atoms with Crippen molar-refractivity contribution in [3.05, 3.63) is 0 Å². The Labute approximate surface area is 105 Å². The molecule has 2 N–H and O–H groups in total. The van der Waals surface area contributed by atoms with E-state index in [0.29, 0.717) is 23.9 Å². The number of piperidine rings is 2. The Balaban J connectivity index is 1.79. The summed E-state index contributed by atoms with van der Waals surface area (Å²) in [6, 6.07) is 1.15. The molecule has 0 saturated carbocycles. The van der Waals surface area contributed by atoms with E-state index in [2.05, 4.69) is 24.2 Å². The van der Waals surface area contributed by atoms with Gasteiger partial charge in [-0.25, -0.2) is 0 Å². The fraction of sp³-hybridized carbons (Fsp3) is 1.00. The van der Waals surface area contributed by atoms with Crippen molar-refractivity contribution in [2.45, 2.75) is 56.7 Å². The molecule has 3 heterocycles. The van der Waals surface area contributed by atoms with E-state index in [9.17, 15) is 5.11 Å². The summed E-state index contributed by atoms with van der Waals surface area (Å²) in [7, 11) is 2.22. The van der Waals surface area contributed by atoms with E-state index >= 15 is 0 Å². The number of nitrogens with one attached hydrogen (secondary N) is 1. The molecule has 0 aromatic heterocycles. The molecule has 3 aliphatic rings. The van der Waals surface area contributed by atoms with Gasteiger partial charge in [-0.1, -0.05) is 0 Å². The summed E-state index contributed by atoms with van der Waals surface area (Å²) in [5.41, 5.74) is -0.445. The summed E-state index contributed by atoms with van der Waals surface area (Å²) in [5, 5.41) is 14.5. The zero-order valence-corrected chi connectivity index (χ0v) is 11.2. The van der Waals surface area contributed by atoms with Gasteiger partial charge in [-0.15, -0.1) is 0 Å². The normalized spacial score (nSPS) is 51.7. The van der Waals surface area contributed by atoms with Gasteiger partial charge < -0.3 is 15.3 Å². The van der Waals surface area contributed by atoms with Crippen molar-refractivity contribution in [3.8, 4) is 0 Å². The first-order valence-corrected chi connectivity index (χ1v) is 7.23. The quantitative estimate of drug-likeness (QED) is 0.721. The molecule has 3 rings (SSSR count). The molecule has 3 heteroatoms. The van der Waals surface area contributed by atoms with Gasteiger partial charge in [0.2, 0.25) is 0 Å². The molecule has 3 aliphatic heterocycles. The molecule has 0 aliphatic carbocycles. The maximum atomic E-state index is 10.8. The molecule has 0 spiro atoms. The topological polar surface area (TPSA) is 35.5 Å². The van der Waals surface area contributed by atoms with E-state index < -0.39 is 5.60 Å². The van der Waals surface area contributed by atoms with E-state index in [1.165, 1.54) is 38.8 Å². The average molecular weight is 238 g/mol. The highest BCUT2D eigenvalue weighted by Crippen LogP contribution is 2.44. The second kappa shape index (κ2) is 4.22. The van der Waals surface area contributed by atoms with Crippen molar-refractivity contribution < 1.29 is 5.11 Å². The molecular formula is C14H26N2O. The van der Waals surface area contributed by atoms with Crippen LogP contribution in [0.3, 0.4) is 0 Å². The summed E-state index contributed by atoms with van der Waals surface area (Å²) in [6.45, 7) is 4.48. The first-order chi connectivity index (χ1) is 8.06. The summed E-state index contributed by atoms with van der Waals surface area (Å²) in [5.74, 6) is 1.14. The van der Waals surface area contributed by atoms with Gasteiger partial charge in [-0.3, -0.25) is 0 Å². The molecule has 2 bridgehead atoms. The van der Waals surface area contributed by atoms with Crippen LogP contribution >= 0.6 is 0 Å². The van der Waals surface area contributed by atoms with Gasteiger partial charge in [0.15, 0.2) is 0 Å². The Bertz CT molecular complexity index is 292. The lowest BCUT2D eigenvalue weighted by Gasteiger charge is -2.48. The second-order valence-corrected chi connectivity index (χ2v) is 6.80. The Morgan fingerprint density at radius 3 is 2.88 bits per heavy atom. The van der Waals surface area contributed by atoms with Crippen molar-refractivity contribution in [1.29, 1.82) is 0 Å². The van der Waals surface area contributed by atoms with Crippen molar-refractivity contribution in [1.82, 2.24) is 10.2 Å². The van der Waals surface area contributed by atoms with Crippen LogP contribution in [0.25, 0.3) is 0 Å². The number of likely N-dealkylation sites (tertiary alicyclic amines) is 1. The third-order valence-electron chi connectivity index (χ3n) is 5.26. The molecule has 17 heavy (non-hydrogen) atoms. The van der Waals surface area contributed by atoms with Gasteiger partial charge in [-0.05, 0) is 58.5 Å². The molecule has 3 saturated heterocycles. The molecule has 5 atom stereocenters. The van der Waals surface area contributed by atoms with Crippen molar-refractivity contribution >= 4 is 0 Å². The van der Waals surface area contributed by atoms with E-state index in [1.54, 1.807) is 0 Å². The van der Waals surface area contributed by atoms with Crippen LogP contribution in [0.4, 0.5) is 0 Å². The van der Waals surface area contributed by atoms with Gasteiger partial charge in [0.25, 0.3) is 0 Å². The summed E-state index contributed by atoms with van der Waals surface area (Å²) in [4.78, 5) is 2.44. The number of nitrogens with zero attached hydrogens (tertiary/aromatic N) is 1. The number of hydrogen-bond acceptors (Lipinski definition) is 3. The van der Waals surface area contributed by atoms with E-state index in [0.717, 1.165) is 6.42 Å². The fourth-order valence-corrected chi connectivity index (χ4v) is 4.70. The van der Waals surface area contributed by atoms with Crippen LogP contribution < -0.4 is 5.32 Å². The Hall–Kier alpha value is -0.120. The average Bonchev–Trinajstić information content (AvgIpc) is 2.60. The molecule has 0 amide bonds. The van der Waals surface area contributed by atoms with Gasteiger partial charge in [0.05, 0.1) is 5.60 Å². The SMILES string of the molecule is CN1CCCC(C2C3CCC(CC2(C)O)N3)C1. The third kappa shape index (κ3) is 2.13. The number of hydrogen-bond donors (Lipinski definition) is 2. The summed E-state index contributed by atoms with van der Waals surface area (Å²) >= 11 is 0. The Kier molecular flexibility index (Phi) is 2.96. The first-order valence-electron chi connectivity index (χ1n) is 7.23. The monoisotopic (exact) mass is 238 g/mol. The van der Waals surface area contributed by atoms with Crippen LogP contribution in [-0.2, 0) is 0 Å². The summed E-state index contributed by atoms with van der Waals surface area (Å²) < 4.78 is 0. The van der Waals surface area contributed by atoms with Crippen LogP contribution in [0.2, 0.25) is 0 Å². The third-order valence-corrected chi connectivity index (χ3v) is 5.26. The second-order valence-electron chi connectivity index (χ2n) is 6.80. The van der Waals surface area contributed by atoms with Gasteiger partial charge in [0.1, 0.15) is 0 Å². The molecule has 3 fully saturated rings. The zero-order valence-electron chi connectivity index (χ0n) is 11.2. The predicted octanol–water partition coefficient (Wildman–Crippen LogP) is 1.22. The molecule has 5 unspecified atom stereocenters. The minimum Gasteiger partial charge on any atom is -0.390 e. The van der Waals surface area contributed by atoms with E-state index in [4.69, 9.17) is 0 Å². The highest BCUT2D eigenvalue weighted by Gasteiger charge is 2.50. The van der Waals surface area contributed by atoms with Crippen LogP contribution in [-0.4, -0.2) is 47.8 Å². The highest BCUT2D eigenvalue weighted by molar-refractivity contribution is 5.06. The fourth-order valence-electron chi connectivity index (χ4n) is 4.70.